The van der Waals surface area contributed by atoms with Crippen LogP contribution in [0.4, 0.5) is 0 Å². The van der Waals surface area contributed by atoms with Gasteiger partial charge in [0, 0.05) is 28.3 Å². The van der Waals surface area contributed by atoms with E-state index in [-0.39, 0.29) is 5.54 Å². The van der Waals surface area contributed by atoms with Gasteiger partial charge in [0.2, 0.25) is 0 Å². The van der Waals surface area contributed by atoms with Gasteiger partial charge in [0.1, 0.15) is 0 Å². The second-order valence-electron chi connectivity index (χ2n) is 6.00. The van der Waals surface area contributed by atoms with E-state index >= 15 is 0 Å². The van der Waals surface area contributed by atoms with Crippen LogP contribution in [0.25, 0.3) is 0 Å². The van der Waals surface area contributed by atoms with Gasteiger partial charge >= 0.3 is 0 Å². The van der Waals surface area contributed by atoms with E-state index in [1.54, 1.807) is 11.3 Å². The summed E-state index contributed by atoms with van der Waals surface area (Å²) in [5, 5.41) is 13.7. The van der Waals surface area contributed by atoms with Crippen LogP contribution >= 0.6 is 11.3 Å². The minimum atomic E-state index is -0.677. The molecule has 1 unspecified atom stereocenters. The second-order valence-corrected chi connectivity index (χ2v) is 7.25. The van der Waals surface area contributed by atoms with Gasteiger partial charge in [0.05, 0.1) is 5.60 Å². The Labute approximate surface area is 109 Å². The van der Waals surface area contributed by atoms with Crippen LogP contribution in [0.3, 0.4) is 0 Å². The van der Waals surface area contributed by atoms with Gasteiger partial charge in [-0.1, -0.05) is 6.92 Å². The van der Waals surface area contributed by atoms with Crippen molar-refractivity contribution in [2.75, 3.05) is 6.54 Å². The lowest BCUT2D eigenvalue weighted by atomic mass is 9.99. The Morgan fingerprint density at radius 2 is 1.76 bits per heavy atom. The normalized spacial score (nSPS) is 15.9. The SMILES string of the molecule is CCc1ccc(CC(C)(O)CNC(C)(C)C)s1. The zero-order chi connectivity index (χ0) is 13.1. The van der Waals surface area contributed by atoms with E-state index in [0.29, 0.717) is 6.54 Å². The third-order valence-electron chi connectivity index (χ3n) is 2.62. The topological polar surface area (TPSA) is 32.3 Å². The Hall–Kier alpha value is -0.380. The Bertz CT molecular complexity index is 349. The Balaban J connectivity index is 2.53. The summed E-state index contributed by atoms with van der Waals surface area (Å²) in [6.45, 7) is 11.0. The number of thiophene rings is 1. The fourth-order valence-corrected chi connectivity index (χ4v) is 2.74. The van der Waals surface area contributed by atoms with Crippen LogP contribution in [0.5, 0.6) is 0 Å². The summed E-state index contributed by atoms with van der Waals surface area (Å²) in [5.41, 5.74) is -0.628. The molecule has 1 atom stereocenters. The summed E-state index contributed by atoms with van der Waals surface area (Å²) in [6.07, 6.45) is 1.80. The first-order chi connectivity index (χ1) is 7.72. The van der Waals surface area contributed by atoms with Crippen molar-refractivity contribution in [1.82, 2.24) is 5.32 Å². The third-order valence-corrected chi connectivity index (χ3v) is 3.85. The molecule has 0 aliphatic carbocycles. The van der Waals surface area contributed by atoms with Crippen molar-refractivity contribution >= 4 is 11.3 Å². The zero-order valence-electron chi connectivity index (χ0n) is 11.6. The quantitative estimate of drug-likeness (QED) is 0.848. The molecule has 2 nitrogen and oxygen atoms in total. The van der Waals surface area contributed by atoms with Crippen LogP contribution in [0, 0.1) is 0 Å². The first-order valence-electron chi connectivity index (χ1n) is 6.27. The van der Waals surface area contributed by atoms with Crippen LogP contribution in [-0.4, -0.2) is 22.8 Å². The molecule has 2 N–H and O–H groups in total. The number of β-amino-alcohol motifs (C(OH)–C–C–N with tert-alkyl or cyclic N) is 1. The molecule has 0 saturated carbocycles. The molecule has 1 heterocycles. The third kappa shape index (κ3) is 5.66. The molecule has 0 aromatic carbocycles. The molecule has 0 aliphatic heterocycles. The number of hydrogen-bond donors (Lipinski definition) is 2. The molecule has 0 aliphatic rings. The van der Waals surface area contributed by atoms with Crippen molar-refractivity contribution in [2.24, 2.45) is 0 Å². The first kappa shape index (κ1) is 14.7. The highest BCUT2D eigenvalue weighted by Crippen LogP contribution is 2.22. The molecule has 0 radical (unpaired) electrons. The van der Waals surface area contributed by atoms with Crippen LogP contribution in [0.2, 0.25) is 0 Å². The van der Waals surface area contributed by atoms with Crippen LogP contribution in [0.1, 0.15) is 44.4 Å². The molecule has 0 saturated heterocycles. The molecule has 0 spiro atoms. The number of nitrogens with one attached hydrogen (secondary N) is 1. The first-order valence-corrected chi connectivity index (χ1v) is 7.08. The molecule has 3 heteroatoms. The van der Waals surface area contributed by atoms with Gasteiger partial charge in [0.25, 0.3) is 0 Å². The van der Waals surface area contributed by atoms with E-state index in [1.165, 1.54) is 9.75 Å². The summed E-state index contributed by atoms with van der Waals surface area (Å²) < 4.78 is 0. The molecule has 0 fully saturated rings. The number of rotatable bonds is 5. The van der Waals surface area contributed by atoms with Crippen LogP contribution in [-0.2, 0) is 12.8 Å². The number of hydrogen-bond acceptors (Lipinski definition) is 3. The maximum Gasteiger partial charge on any atom is 0.0791 e. The highest BCUT2D eigenvalue weighted by molar-refractivity contribution is 7.12. The molecule has 1 aromatic rings. The van der Waals surface area contributed by atoms with E-state index in [1.807, 2.05) is 6.92 Å². The Morgan fingerprint density at radius 3 is 2.24 bits per heavy atom. The fourth-order valence-electron chi connectivity index (χ4n) is 1.60. The summed E-state index contributed by atoms with van der Waals surface area (Å²) >= 11 is 1.81. The lowest BCUT2D eigenvalue weighted by molar-refractivity contribution is 0.0542. The zero-order valence-corrected chi connectivity index (χ0v) is 12.4. The van der Waals surface area contributed by atoms with Crippen molar-refractivity contribution < 1.29 is 5.11 Å². The van der Waals surface area contributed by atoms with Crippen LogP contribution < -0.4 is 5.32 Å². The smallest absolute Gasteiger partial charge is 0.0791 e. The lowest BCUT2D eigenvalue weighted by Crippen LogP contribution is -2.47. The molecule has 98 valence electrons. The number of aryl methyl sites for hydroxylation is 1. The largest absolute Gasteiger partial charge is 0.388 e. The monoisotopic (exact) mass is 255 g/mol. The van der Waals surface area contributed by atoms with Crippen molar-refractivity contribution in [1.29, 1.82) is 0 Å². The summed E-state index contributed by atoms with van der Waals surface area (Å²) in [7, 11) is 0. The van der Waals surface area contributed by atoms with Gasteiger partial charge in [-0.15, -0.1) is 11.3 Å². The highest BCUT2D eigenvalue weighted by atomic mass is 32.1. The Morgan fingerprint density at radius 1 is 1.18 bits per heavy atom. The van der Waals surface area contributed by atoms with Crippen molar-refractivity contribution in [2.45, 2.75) is 58.6 Å². The van der Waals surface area contributed by atoms with Gasteiger partial charge < -0.3 is 10.4 Å². The summed E-state index contributed by atoms with van der Waals surface area (Å²) in [5.74, 6) is 0. The Kier molecular flexibility index (Phi) is 4.76. The predicted octanol–water partition coefficient (Wildman–Crippen LogP) is 2.99. The summed E-state index contributed by atoms with van der Waals surface area (Å²) in [6, 6.07) is 4.29. The maximum atomic E-state index is 10.4. The fraction of sp³-hybridized carbons (Fsp3) is 0.714. The van der Waals surface area contributed by atoms with Gasteiger partial charge in [-0.05, 0) is 46.2 Å². The molecule has 0 bridgehead atoms. The number of aliphatic hydroxyl groups is 1. The van der Waals surface area contributed by atoms with Crippen molar-refractivity contribution in [3.8, 4) is 0 Å². The van der Waals surface area contributed by atoms with E-state index in [4.69, 9.17) is 0 Å². The van der Waals surface area contributed by atoms with Crippen molar-refractivity contribution in [3.05, 3.63) is 21.9 Å². The average Bonchev–Trinajstić information content (AvgIpc) is 2.61. The van der Waals surface area contributed by atoms with E-state index in [2.05, 4.69) is 45.1 Å². The van der Waals surface area contributed by atoms with Gasteiger partial charge in [0.15, 0.2) is 0 Å². The predicted molar refractivity (Wildman–Crippen MR) is 75.8 cm³/mol. The van der Waals surface area contributed by atoms with E-state index in [9.17, 15) is 5.11 Å². The van der Waals surface area contributed by atoms with E-state index < -0.39 is 5.60 Å². The minimum absolute atomic E-state index is 0.0496. The molecule has 1 aromatic heterocycles. The molecule has 1 rings (SSSR count). The molecular formula is C14H25NOS. The molecular weight excluding hydrogens is 230 g/mol. The van der Waals surface area contributed by atoms with E-state index in [0.717, 1.165) is 12.8 Å². The maximum absolute atomic E-state index is 10.4. The standard InChI is InChI=1S/C14H25NOS/c1-6-11-7-8-12(17-11)9-14(5,16)10-15-13(2,3)4/h7-8,15-16H,6,9-10H2,1-5H3. The minimum Gasteiger partial charge on any atom is -0.388 e. The van der Waals surface area contributed by atoms with Gasteiger partial charge in [-0.2, -0.15) is 0 Å². The van der Waals surface area contributed by atoms with Gasteiger partial charge in [-0.25, -0.2) is 0 Å². The van der Waals surface area contributed by atoms with Crippen LogP contribution in [0.15, 0.2) is 12.1 Å². The summed E-state index contributed by atoms with van der Waals surface area (Å²) in [4.78, 5) is 2.65. The van der Waals surface area contributed by atoms with Crippen molar-refractivity contribution in [3.63, 3.8) is 0 Å². The highest BCUT2D eigenvalue weighted by Gasteiger charge is 2.24. The lowest BCUT2D eigenvalue weighted by Gasteiger charge is -2.29. The molecule has 17 heavy (non-hydrogen) atoms. The molecule has 0 amide bonds. The van der Waals surface area contributed by atoms with Gasteiger partial charge in [-0.3, -0.25) is 0 Å². The average molecular weight is 255 g/mol. The second kappa shape index (κ2) is 5.51.